The minimum absolute atomic E-state index is 0.609. The Morgan fingerprint density at radius 1 is 1.08 bits per heavy atom. The van der Waals surface area contributed by atoms with Crippen LogP contribution in [0.1, 0.15) is 11.1 Å². The number of ether oxygens (including phenoxy) is 2. The van der Waals surface area contributed by atoms with Gasteiger partial charge >= 0.3 is 0 Å². The predicted molar refractivity (Wildman–Crippen MR) is 98.7 cm³/mol. The van der Waals surface area contributed by atoms with Crippen LogP contribution in [0.2, 0.25) is 5.02 Å². The molecule has 0 unspecified atom stereocenters. The van der Waals surface area contributed by atoms with Crippen molar-refractivity contribution in [3.63, 3.8) is 0 Å². The summed E-state index contributed by atoms with van der Waals surface area (Å²) in [6.45, 7) is 1.31. The molecule has 6 heteroatoms. The average Bonchev–Trinajstić information content (AvgIpc) is 3.16. The molecule has 2 aromatic carbocycles. The molecule has 25 heavy (non-hydrogen) atoms. The zero-order valence-corrected chi connectivity index (χ0v) is 15.0. The normalized spacial score (nSPS) is 10.7. The zero-order valence-electron chi connectivity index (χ0n) is 14.2. The van der Waals surface area contributed by atoms with Gasteiger partial charge in [0.05, 0.1) is 26.2 Å². The number of aromatic nitrogens is 2. The molecule has 1 aromatic heterocycles. The van der Waals surface area contributed by atoms with Crippen molar-refractivity contribution in [3.8, 4) is 17.2 Å². The molecule has 3 rings (SSSR count). The maximum atomic E-state index is 6.17. The molecule has 0 spiro atoms. The first-order chi connectivity index (χ1) is 12.2. The van der Waals surface area contributed by atoms with E-state index in [9.17, 15) is 0 Å². The SMILES string of the molecule is COc1cc(Cl)cc(CNCc2ccccc2-n2ccnc2)c1OC. The minimum atomic E-state index is 0.609. The third-order valence-corrected chi connectivity index (χ3v) is 4.14. The molecule has 0 radical (unpaired) electrons. The van der Waals surface area contributed by atoms with E-state index >= 15 is 0 Å². The Labute approximate surface area is 152 Å². The molecule has 5 nitrogen and oxygen atoms in total. The van der Waals surface area contributed by atoms with Gasteiger partial charge in [0, 0.05) is 42.1 Å². The van der Waals surface area contributed by atoms with Gasteiger partial charge in [-0.05, 0) is 17.7 Å². The van der Waals surface area contributed by atoms with Gasteiger partial charge in [-0.1, -0.05) is 29.8 Å². The van der Waals surface area contributed by atoms with Crippen molar-refractivity contribution in [3.05, 3.63) is 71.3 Å². The summed E-state index contributed by atoms with van der Waals surface area (Å²) in [5.41, 5.74) is 3.23. The number of nitrogens with zero attached hydrogens (tertiary/aromatic N) is 2. The molecule has 0 aliphatic heterocycles. The van der Waals surface area contributed by atoms with E-state index in [1.54, 1.807) is 32.8 Å². The highest BCUT2D eigenvalue weighted by atomic mass is 35.5. The fourth-order valence-corrected chi connectivity index (χ4v) is 3.01. The molecule has 0 amide bonds. The van der Waals surface area contributed by atoms with Crippen molar-refractivity contribution >= 4 is 11.6 Å². The molecule has 0 aliphatic rings. The number of halogens is 1. The number of hydrogen-bond donors (Lipinski definition) is 1. The van der Waals surface area contributed by atoms with Crippen LogP contribution >= 0.6 is 11.6 Å². The summed E-state index contributed by atoms with van der Waals surface area (Å²) in [6.07, 6.45) is 5.50. The number of rotatable bonds is 7. The van der Waals surface area contributed by atoms with Crippen LogP contribution in [0.3, 0.4) is 0 Å². The predicted octanol–water partition coefficient (Wildman–Crippen LogP) is 3.83. The number of benzene rings is 2. The fourth-order valence-electron chi connectivity index (χ4n) is 2.78. The molecule has 0 atom stereocenters. The minimum Gasteiger partial charge on any atom is -0.493 e. The van der Waals surface area contributed by atoms with Crippen LogP contribution in [0.25, 0.3) is 5.69 Å². The van der Waals surface area contributed by atoms with E-state index in [1.165, 1.54) is 5.56 Å². The van der Waals surface area contributed by atoms with Gasteiger partial charge in [-0.15, -0.1) is 0 Å². The molecular weight excluding hydrogens is 338 g/mol. The monoisotopic (exact) mass is 357 g/mol. The van der Waals surface area contributed by atoms with Crippen molar-refractivity contribution in [2.24, 2.45) is 0 Å². The highest BCUT2D eigenvalue weighted by Crippen LogP contribution is 2.34. The van der Waals surface area contributed by atoms with E-state index in [0.717, 1.165) is 11.3 Å². The second-order valence-corrected chi connectivity index (χ2v) is 5.94. The van der Waals surface area contributed by atoms with Crippen LogP contribution in [-0.4, -0.2) is 23.8 Å². The summed E-state index contributed by atoms with van der Waals surface area (Å²) in [4.78, 5) is 4.12. The topological polar surface area (TPSA) is 48.3 Å². The number of hydrogen-bond acceptors (Lipinski definition) is 4. The fraction of sp³-hybridized carbons (Fsp3) is 0.211. The summed E-state index contributed by atoms with van der Waals surface area (Å²) in [5, 5.41) is 4.06. The van der Waals surface area contributed by atoms with E-state index in [-0.39, 0.29) is 0 Å². The first-order valence-corrected chi connectivity index (χ1v) is 8.28. The van der Waals surface area contributed by atoms with Gasteiger partial charge in [0.15, 0.2) is 11.5 Å². The van der Waals surface area contributed by atoms with Crippen molar-refractivity contribution in [2.75, 3.05) is 14.2 Å². The van der Waals surface area contributed by atoms with Crippen molar-refractivity contribution in [1.29, 1.82) is 0 Å². The van der Waals surface area contributed by atoms with E-state index < -0.39 is 0 Å². The van der Waals surface area contributed by atoms with Crippen molar-refractivity contribution in [1.82, 2.24) is 14.9 Å². The molecule has 3 aromatic rings. The van der Waals surface area contributed by atoms with Gasteiger partial charge < -0.3 is 19.4 Å². The maximum absolute atomic E-state index is 6.17. The van der Waals surface area contributed by atoms with Gasteiger partial charge in [0.25, 0.3) is 0 Å². The van der Waals surface area contributed by atoms with Crippen LogP contribution in [0.5, 0.6) is 11.5 Å². The Morgan fingerprint density at radius 3 is 2.60 bits per heavy atom. The van der Waals surface area contributed by atoms with Crippen molar-refractivity contribution in [2.45, 2.75) is 13.1 Å². The summed E-state index contributed by atoms with van der Waals surface area (Å²) >= 11 is 6.17. The van der Waals surface area contributed by atoms with Crippen LogP contribution in [-0.2, 0) is 13.1 Å². The maximum Gasteiger partial charge on any atom is 0.165 e. The first-order valence-electron chi connectivity index (χ1n) is 7.90. The third kappa shape index (κ3) is 3.95. The number of para-hydroxylation sites is 1. The Balaban J connectivity index is 1.75. The Morgan fingerprint density at radius 2 is 1.88 bits per heavy atom. The molecule has 0 aliphatic carbocycles. The lowest BCUT2D eigenvalue weighted by Crippen LogP contribution is -2.15. The number of nitrogens with one attached hydrogen (secondary N) is 1. The zero-order chi connectivity index (χ0) is 17.6. The Bertz CT molecular complexity index is 835. The second kappa shape index (κ2) is 8.05. The molecular formula is C19H20ClN3O2. The largest absolute Gasteiger partial charge is 0.493 e. The van der Waals surface area contributed by atoms with Gasteiger partial charge in [-0.25, -0.2) is 4.98 Å². The molecule has 1 heterocycles. The molecule has 0 bridgehead atoms. The van der Waals surface area contributed by atoms with Crippen LogP contribution < -0.4 is 14.8 Å². The molecule has 130 valence electrons. The summed E-state index contributed by atoms with van der Waals surface area (Å²) < 4.78 is 12.8. The quantitative estimate of drug-likeness (QED) is 0.698. The lowest BCUT2D eigenvalue weighted by Gasteiger charge is -2.15. The molecule has 0 fully saturated rings. The lowest BCUT2D eigenvalue weighted by molar-refractivity contribution is 0.350. The Kier molecular flexibility index (Phi) is 5.58. The third-order valence-electron chi connectivity index (χ3n) is 3.93. The number of methoxy groups -OCH3 is 2. The highest BCUT2D eigenvalue weighted by molar-refractivity contribution is 6.30. The van der Waals surface area contributed by atoms with Gasteiger partial charge in [0.2, 0.25) is 0 Å². The van der Waals surface area contributed by atoms with E-state index in [2.05, 4.69) is 22.4 Å². The van der Waals surface area contributed by atoms with Gasteiger partial charge in [0.1, 0.15) is 0 Å². The van der Waals surface area contributed by atoms with E-state index in [4.69, 9.17) is 21.1 Å². The van der Waals surface area contributed by atoms with Crippen molar-refractivity contribution < 1.29 is 9.47 Å². The lowest BCUT2D eigenvalue weighted by atomic mass is 10.1. The standard InChI is InChI=1S/C19H20ClN3O2/c1-24-18-10-16(20)9-15(19(18)25-2)12-22-11-14-5-3-4-6-17(14)23-8-7-21-13-23/h3-10,13,22H,11-12H2,1-2H3. The summed E-state index contributed by atoms with van der Waals surface area (Å²) in [7, 11) is 3.23. The summed E-state index contributed by atoms with van der Waals surface area (Å²) in [6, 6.07) is 11.8. The van der Waals surface area contributed by atoms with E-state index in [0.29, 0.717) is 29.6 Å². The van der Waals surface area contributed by atoms with Gasteiger partial charge in [-0.2, -0.15) is 0 Å². The van der Waals surface area contributed by atoms with Crippen LogP contribution in [0.15, 0.2) is 55.1 Å². The van der Waals surface area contributed by atoms with Gasteiger partial charge in [-0.3, -0.25) is 0 Å². The smallest absolute Gasteiger partial charge is 0.165 e. The molecule has 0 saturated carbocycles. The molecule has 1 N–H and O–H groups in total. The average molecular weight is 358 g/mol. The number of imidazole rings is 1. The second-order valence-electron chi connectivity index (χ2n) is 5.50. The Hall–Kier alpha value is -2.50. The first kappa shape index (κ1) is 17.3. The van der Waals surface area contributed by atoms with E-state index in [1.807, 2.05) is 29.0 Å². The summed E-state index contributed by atoms with van der Waals surface area (Å²) in [5.74, 6) is 1.33. The van der Waals surface area contributed by atoms with Crippen LogP contribution in [0.4, 0.5) is 0 Å². The van der Waals surface area contributed by atoms with Crippen LogP contribution in [0, 0.1) is 0 Å². The highest BCUT2D eigenvalue weighted by Gasteiger charge is 2.12. The molecule has 0 saturated heterocycles.